The van der Waals surface area contributed by atoms with Crippen molar-refractivity contribution in [3.63, 3.8) is 0 Å². The molecule has 2 bridgehead atoms. The Balaban J connectivity index is 1.32. The van der Waals surface area contributed by atoms with E-state index in [4.69, 9.17) is 10.2 Å². The average molecular weight is 608 g/mol. The summed E-state index contributed by atoms with van der Waals surface area (Å²) in [5.74, 6) is -0.632. The van der Waals surface area contributed by atoms with Crippen LogP contribution in [0.15, 0.2) is 65.1 Å². The Labute approximate surface area is 242 Å². The van der Waals surface area contributed by atoms with Crippen molar-refractivity contribution in [3.8, 4) is 0 Å². The summed E-state index contributed by atoms with van der Waals surface area (Å²) in [6.07, 6.45) is 1.02. The molecular formula is C31H35BrN4O4. The molecule has 0 spiro atoms. The fourth-order valence-electron chi connectivity index (χ4n) is 8.28. The minimum absolute atomic E-state index is 0.153. The van der Waals surface area contributed by atoms with Gasteiger partial charge in [-0.15, -0.1) is 10.2 Å². The fourth-order valence-corrected chi connectivity index (χ4v) is 9.64. The number of amides is 2. The Bertz CT molecular complexity index is 1430. The molecule has 1 aliphatic heterocycles. The monoisotopic (exact) mass is 606 g/mol. The van der Waals surface area contributed by atoms with Gasteiger partial charge in [0.15, 0.2) is 0 Å². The predicted octanol–water partition coefficient (Wildman–Crippen LogP) is 4.64. The molecule has 8 atom stereocenters. The first kappa shape index (κ1) is 27.3. The van der Waals surface area contributed by atoms with Gasteiger partial charge in [0.2, 0.25) is 23.6 Å². The van der Waals surface area contributed by atoms with E-state index in [1.165, 1.54) is 4.90 Å². The molecule has 2 saturated carbocycles. The van der Waals surface area contributed by atoms with Crippen molar-refractivity contribution in [3.05, 3.63) is 83.6 Å². The molecule has 3 aliphatic rings. The number of aliphatic hydroxyl groups excluding tert-OH is 1. The summed E-state index contributed by atoms with van der Waals surface area (Å²) in [5, 5.41) is 19.9. The molecule has 2 amide bonds. The molecule has 2 aliphatic carbocycles. The van der Waals surface area contributed by atoms with Crippen LogP contribution in [-0.4, -0.2) is 49.0 Å². The number of halogens is 1. The highest BCUT2D eigenvalue weighted by atomic mass is 79.9. The van der Waals surface area contributed by atoms with E-state index in [-0.39, 0.29) is 23.7 Å². The number of hydrogen-bond acceptors (Lipinski definition) is 7. The second-order valence-corrected chi connectivity index (χ2v) is 13.3. The molecule has 8 nitrogen and oxygen atoms in total. The van der Waals surface area contributed by atoms with Crippen molar-refractivity contribution in [1.29, 1.82) is 0 Å². The predicted molar refractivity (Wildman–Crippen MR) is 152 cm³/mol. The quantitative estimate of drug-likeness (QED) is 0.218. The lowest BCUT2D eigenvalue weighted by molar-refractivity contribution is -0.143. The molecule has 1 aromatic heterocycles. The van der Waals surface area contributed by atoms with E-state index >= 15 is 0 Å². The van der Waals surface area contributed by atoms with Gasteiger partial charge in [0.1, 0.15) is 4.32 Å². The largest absolute Gasteiger partial charge is 0.424 e. The molecule has 6 rings (SSSR count). The molecule has 0 radical (unpaired) electrons. The van der Waals surface area contributed by atoms with Crippen LogP contribution in [0.25, 0.3) is 0 Å². The summed E-state index contributed by atoms with van der Waals surface area (Å²) in [7, 11) is 0. The standard InChI is InChI=1S/C31H35BrN4O4/c1-18-34-35-25(40-18)21(33)16-10-11-17-36-26(37)24-29(2)22(19-12-6-4-7-13-19)23(20-14-8-5-9-15-20)30(3,27(29)38)31(24,32)28(36)39/h4-9,12-15,21-24,27,38H,10-11,16-17,33H2,1-3H3/t21-,22?,23?,24?,27?,29?,30?,31?/m0/s1. The fraction of sp³-hybridized carbons (Fsp3) is 0.484. The number of rotatable bonds is 8. The Morgan fingerprint density at radius 3 is 2.17 bits per heavy atom. The molecule has 2 heterocycles. The zero-order chi connectivity index (χ0) is 28.4. The summed E-state index contributed by atoms with van der Waals surface area (Å²) in [5.41, 5.74) is 6.55. The molecule has 210 valence electrons. The number of nitrogens with two attached hydrogens (primary N) is 1. The summed E-state index contributed by atoms with van der Waals surface area (Å²) >= 11 is 3.89. The lowest BCUT2D eigenvalue weighted by Gasteiger charge is -2.49. The third kappa shape index (κ3) is 3.50. The van der Waals surface area contributed by atoms with Gasteiger partial charge < -0.3 is 15.3 Å². The van der Waals surface area contributed by atoms with E-state index in [1.807, 2.05) is 50.2 Å². The lowest BCUT2D eigenvalue weighted by atomic mass is 9.55. The van der Waals surface area contributed by atoms with E-state index in [1.54, 1.807) is 6.92 Å². The third-order valence-electron chi connectivity index (χ3n) is 10.0. The van der Waals surface area contributed by atoms with Crippen LogP contribution in [0, 0.1) is 23.7 Å². The van der Waals surface area contributed by atoms with Crippen LogP contribution >= 0.6 is 15.9 Å². The number of aliphatic hydroxyl groups is 1. The van der Waals surface area contributed by atoms with Gasteiger partial charge in [0.05, 0.1) is 18.1 Å². The SMILES string of the molecule is Cc1nnc([C@@H](N)CCCCN2C(=O)C3C4(C)C(c5ccccc5)C(c5ccccc5)C(C)(C4O)C3(Br)C2=O)o1. The molecule has 3 aromatic rings. The average Bonchev–Trinajstić information content (AvgIpc) is 3.57. The Hall–Kier alpha value is -2.88. The third-order valence-corrected chi connectivity index (χ3v) is 11.7. The Kier molecular flexibility index (Phi) is 6.55. The van der Waals surface area contributed by atoms with Gasteiger partial charge >= 0.3 is 0 Å². The van der Waals surface area contributed by atoms with Gasteiger partial charge in [-0.05, 0) is 30.4 Å². The first-order chi connectivity index (χ1) is 19.1. The number of hydrogen-bond donors (Lipinski definition) is 2. The Morgan fingerprint density at radius 1 is 1.00 bits per heavy atom. The minimum atomic E-state index is -1.21. The molecule has 7 unspecified atom stereocenters. The molecule has 9 heteroatoms. The lowest BCUT2D eigenvalue weighted by Crippen LogP contribution is -2.55. The van der Waals surface area contributed by atoms with E-state index in [2.05, 4.69) is 50.4 Å². The second-order valence-electron chi connectivity index (χ2n) is 12.0. The Morgan fingerprint density at radius 2 is 1.60 bits per heavy atom. The maximum absolute atomic E-state index is 14.3. The summed E-state index contributed by atoms with van der Waals surface area (Å²) in [6, 6.07) is 19.8. The molecule has 1 saturated heterocycles. The number of alkyl halides is 1. The van der Waals surface area contributed by atoms with Crippen molar-refractivity contribution >= 4 is 27.7 Å². The van der Waals surface area contributed by atoms with E-state index in [9.17, 15) is 14.7 Å². The maximum atomic E-state index is 14.3. The first-order valence-electron chi connectivity index (χ1n) is 14.0. The van der Waals surface area contributed by atoms with Crippen LogP contribution in [0.3, 0.4) is 0 Å². The zero-order valence-electron chi connectivity index (χ0n) is 23.0. The van der Waals surface area contributed by atoms with Crippen LogP contribution in [0.4, 0.5) is 0 Å². The van der Waals surface area contributed by atoms with Crippen LogP contribution in [0.2, 0.25) is 0 Å². The number of carbonyl (C=O) groups is 2. The number of imide groups is 1. The van der Waals surface area contributed by atoms with Gasteiger partial charge in [-0.1, -0.05) is 90.4 Å². The van der Waals surface area contributed by atoms with Crippen LogP contribution in [0.1, 0.15) is 73.9 Å². The zero-order valence-corrected chi connectivity index (χ0v) is 24.5. The van der Waals surface area contributed by atoms with E-state index in [0.717, 1.165) is 11.1 Å². The van der Waals surface area contributed by atoms with Crippen molar-refractivity contribution in [1.82, 2.24) is 15.1 Å². The number of nitrogens with zero attached hydrogens (tertiary/aromatic N) is 3. The summed E-state index contributed by atoms with van der Waals surface area (Å²) in [6.45, 7) is 6.01. The van der Waals surface area contributed by atoms with Gasteiger partial charge in [0.25, 0.3) is 0 Å². The van der Waals surface area contributed by atoms with Crippen LogP contribution in [0.5, 0.6) is 0 Å². The number of likely N-dealkylation sites (tertiary alicyclic amines) is 1. The number of fused-ring (bicyclic) bond motifs is 5. The van der Waals surface area contributed by atoms with E-state index in [0.29, 0.717) is 37.6 Å². The minimum Gasteiger partial charge on any atom is -0.424 e. The first-order valence-corrected chi connectivity index (χ1v) is 14.8. The maximum Gasteiger partial charge on any atom is 0.247 e. The van der Waals surface area contributed by atoms with Gasteiger partial charge in [-0.25, -0.2) is 0 Å². The van der Waals surface area contributed by atoms with Crippen LogP contribution < -0.4 is 5.73 Å². The molecule has 3 fully saturated rings. The van der Waals surface area contributed by atoms with Crippen molar-refractivity contribution < 1.29 is 19.1 Å². The summed E-state index contributed by atoms with van der Waals surface area (Å²) in [4.78, 5) is 29.8. The molecular weight excluding hydrogens is 572 g/mol. The second kappa shape index (κ2) is 9.60. The van der Waals surface area contributed by atoms with Crippen LogP contribution in [-0.2, 0) is 9.59 Å². The topological polar surface area (TPSA) is 123 Å². The number of unbranched alkanes of at least 4 members (excludes halogenated alkanes) is 1. The van der Waals surface area contributed by atoms with Gasteiger partial charge in [-0.2, -0.15) is 0 Å². The molecule has 2 aromatic carbocycles. The number of benzene rings is 2. The molecule has 3 N–H and O–H groups in total. The highest BCUT2D eigenvalue weighted by molar-refractivity contribution is 9.10. The van der Waals surface area contributed by atoms with Crippen molar-refractivity contribution in [2.24, 2.45) is 22.5 Å². The number of aryl methyl sites for hydroxylation is 1. The molecule has 40 heavy (non-hydrogen) atoms. The normalized spacial score (nSPS) is 35.4. The number of aromatic nitrogens is 2. The highest BCUT2D eigenvalue weighted by Crippen LogP contribution is 2.81. The van der Waals surface area contributed by atoms with Gasteiger partial charge in [-0.3, -0.25) is 14.5 Å². The number of carbonyl (C=O) groups excluding carboxylic acids is 2. The highest BCUT2D eigenvalue weighted by Gasteiger charge is 2.87. The summed E-state index contributed by atoms with van der Waals surface area (Å²) < 4.78 is 4.22. The van der Waals surface area contributed by atoms with Crippen molar-refractivity contribution in [2.75, 3.05) is 6.54 Å². The van der Waals surface area contributed by atoms with Gasteiger partial charge in [0, 0.05) is 36.1 Å². The smallest absolute Gasteiger partial charge is 0.247 e. The van der Waals surface area contributed by atoms with E-state index < -0.39 is 33.2 Å². The van der Waals surface area contributed by atoms with Crippen molar-refractivity contribution in [2.45, 2.75) is 68.3 Å².